The fraction of sp³-hybridized carbons (Fsp3) is 1.00. The van der Waals surface area contributed by atoms with Crippen molar-refractivity contribution >= 4 is 0 Å². The summed E-state index contributed by atoms with van der Waals surface area (Å²) in [6.07, 6.45) is 13.9. The van der Waals surface area contributed by atoms with Crippen molar-refractivity contribution in [3.63, 3.8) is 0 Å². The molecule has 0 aliphatic carbocycles. The van der Waals surface area contributed by atoms with E-state index in [9.17, 15) is 0 Å². The minimum Gasteiger partial charge on any atom is -0.317 e. The maximum atomic E-state index is 3.51. The van der Waals surface area contributed by atoms with E-state index in [1.54, 1.807) is 0 Å². The number of hydrogen-bond donors (Lipinski definition) is 2. The summed E-state index contributed by atoms with van der Waals surface area (Å²) in [5.41, 5.74) is 0. The Hall–Kier alpha value is -0.0800. The van der Waals surface area contributed by atoms with Crippen molar-refractivity contribution < 1.29 is 0 Å². The predicted octanol–water partition coefficient (Wildman–Crippen LogP) is 4.49. The number of rotatable bonds is 15. The van der Waals surface area contributed by atoms with E-state index in [0.29, 0.717) is 6.04 Å². The molecule has 116 valence electrons. The van der Waals surface area contributed by atoms with Gasteiger partial charge in [-0.2, -0.15) is 0 Å². The summed E-state index contributed by atoms with van der Waals surface area (Å²) >= 11 is 0. The molecule has 0 atom stereocenters. The first kappa shape index (κ1) is 18.9. The minimum atomic E-state index is 0.644. The molecule has 0 heterocycles. The summed E-state index contributed by atoms with van der Waals surface area (Å²) in [7, 11) is 0. The largest absolute Gasteiger partial charge is 0.317 e. The molecule has 0 aliphatic rings. The zero-order valence-electron chi connectivity index (χ0n) is 13.8. The molecular weight excluding hydrogens is 232 g/mol. The first-order chi connectivity index (χ1) is 9.27. The van der Waals surface area contributed by atoms with Gasteiger partial charge >= 0.3 is 0 Å². The van der Waals surface area contributed by atoms with Gasteiger partial charge in [0.15, 0.2) is 0 Å². The van der Waals surface area contributed by atoms with Gasteiger partial charge in [-0.1, -0.05) is 65.7 Å². The Morgan fingerprint density at radius 1 is 0.632 bits per heavy atom. The van der Waals surface area contributed by atoms with Gasteiger partial charge in [0.25, 0.3) is 0 Å². The van der Waals surface area contributed by atoms with E-state index in [2.05, 4.69) is 31.4 Å². The second-order valence-corrected chi connectivity index (χ2v) is 6.04. The fourth-order valence-corrected chi connectivity index (χ4v) is 2.25. The Morgan fingerprint density at radius 2 is 1.11 bits per heavy atom. The van der Waals surface area contributed by atoms with Gasteiger partial charge in [-0.3, -0.25) is 0 Å². The molecule has 0 unspecified atom stereocenters. The highest BCUT2D eigenvalue weighted by atomic mass is 14.9. The molecule has 0 amide bonds. The number of unbranched alkanes of at least 4 members (excludes halogenated alkanes) is 8. The Bertz CT molecular complexity index is 157. The summed E-state index contributed by atoms with van der Waals surface area (Å²) in [5.74, 6) is 0. The normalized spacial score (nSPS) is 11.4. The van der Waals surface area contributed by atoms with E-state index in [1.807, 2.05) is 0 Å². The van der Waals surface area contributed by atoms with Crippen molar-refractivity contribution in [2.24, 2.45) is 0 Å². The molecule has 0 bridgehead atoms. The maximum absolute atomic E-state index is 3.51. The van der Waals surface area contributed by atoms with Gasteiger partial charge in [-0.05, 0) is 38.9 Å². The van der Waals surface area contributed by atoms with Gasteiger partial charge in [0.2, 0.25) is 0 Å². The van der Waals surface area contributed by atoms with E-state index >= 15 is 0 Å². The zero-order chi connectivity index (χ0) is 14.2. The van der Waals surface area contributed by atoms with Crippen molar-refractivity contribution in [2.75, 3.05) is 19.6 Å². The van der Waals surface area contributed by atoms with E-state index in [0.717, 1.165) is 0 Å². The van der Waals surface area contributed by atoms with E-state index < -0.39 is 0 Å². The quantitative estimate of drug-likeness (QED) is 0.428. The highest BCUT2D eigenvalue weighted by molar-refractivity contribution is 4.54. The van der Waals surface area contributed by atoms with E-state index in [-0.39, 0.29) is 0 Å². The predicted molar refractivity (Wildman–Crippen MR) is 87.9 cm³/mol. The zero-order valence-corrected chi connectivity index (χ0v) is 13.8. The first-order valence-corrected chi connectivity index (χ1v) is 8.71. The van der Waals surface area contributed by atoms with Gasteiger partial charge in [0.1, 0.15) is 0 Å². The third-order valence-electron chi connectivity index (χ3n) is 3.54. The average molecular weight is 271 g/mol. The SMILES string of the molecule is CCCCNCCCCCCCCCCNC(C)C. The highest BCUT2D eigenvalue weighted by Gasteiger charge is 1.94. The molecule has 0 radical (unpaired) electrons. The summed E-state index contributed by atoms with van der Waals surface area (Å²) in [5, 5.41) is 6.99. The van der Waals surface area contributed by atoms with Gasteiger partial charge in [0, 0.05) is 6.04 Å². The van der Waals surface area contributed by atoms with Crippen LogP contribution in [0.25, 0.3) is 0 Å². The molecule has 2 nitrogen and oxygen atoms in total. The molecule has 0 fully saturated rings. The smallest absolute Gasteiger partial charge is 0.00103 e. The molecule has 0 aromatic carbocycles. The second kappa shape index (κ2) is 16.0. The topological polar surface area (TPSA) is 24.1 Å². The van der Waals surface area contributed by atoms with Gasteiger partial charge in [-0.25, -0.2) is 0 Å². The molecule has 0 spiro atoms. The van der Waals surface area contributed by atoms with Crippen LogP contribution in [0.4, 0.5) is 0 Å². The Balaban J connectivity index is 2.91. The van der Waals surface area contributed by atoms with Gasteiger partial charge in [0.05, 0.1) is 0 Å². The lowest BCUT2D eigenvalue weighted by atomic mass is 10.1. The first-order valence-electron chi connectivity index (χ1n) is 8.71. The maximum Gasteiger partial charge on any atom is 0.00103 e. The second-order valence-electron chi connectivity index (χ2n) is 6.04. The van der Waals surface area contributed by atoms with Crippen LogP contribution >= 0.6 is 0 Å². The molecular formula is C17H38N2. The molecule has 0 aliphatic heterocycles. The van der Waals surface area contributed by atoms with Crippen LogP contribution in [-0.2, 0) is 0 Å². The number of nitrogens with one attached hydrogen (secondary N) is 2. The van der Waals surface area contributed by atoms with Crippen molar-refractivity contribution in [3.05, 3.63) is 0 Å². The van der Waals surface area contributed by atoms with Crippen LogP contribution in [0.2, 0.25) is 0 Å². The lowest BCUT2D eigenvalue weighted by Crippen LogP contribution is -2.23. The van der Waals surface area contributed by atoms with Crippen LogP contribution in [-0.4, -0.2) is 25.7 Å². The summed E-state index contributed by atoms with van der Waals surface area (Å²) < 4.78 is 0. The van der Waals surface area contributed by atoms with Gasteiger partial charge < -0.3 is 10.6 Å². The Kier molecular flexibility index (Phi) is 15.9. The van der Waals surface area contributed by atoms with E-state index in [1.165, 1.54) is 83.8 Å². The van der Waals surface area contributed by atoms with Crippen LogP contribution in [0.1, 0.15) is 85.0 Å². The molecule has 0 rings (SSSR count). The standard InChI is InChI=1S/C17H38N2/c1-4-5-14-18-15-12-10-8-6-7-9-11-13-16-19-17(2)3/h17-19H,4-16H2,1-3H3. The molecule has 0 saturated heterocycles. The number of hydrogen-bond acceptors (Lipinski definition) is 2. The van der Waals surface area contributed by atoms with Gasteiger partial charge in [-0.15, -0.1) is 0 Å². The molecule has 0 aromatic rings. The van der Waals surface area contributed by atoms with Crippen LogP contribution in [0.3, 0.4) is 0 Å². The Labute approximate surface area is 122 Å². The van der Waals surface area contributed by atoms with Crippen LogP contribution in [0.15, 0.2) is 0 Å². The van der Waals surface area contributed by atoms with E-state index in [4.69, 9.17) is 0 Å². The van der Waals surface area contributed by atoms with Crippen molar-refractivity contribution in [2.45, 2.75) is 91.0 Å². The van der Waals surface area contributed by atoms with Crippen LogP contribution in [0.5, 0.6) is 0 Å². The molecule has 0 aromatic heterocycles. The highest BCUT2D eigenvalue weighted by Crippen LogP contribution is 2.08. The lowest BCUT2D eigenvalue weighted by Gasteiger charge is -2.07. The molecule has 2 N–H and O–H groups in total. The van der Waals surface area contributed by atoms with Crippen molar-refractivity contribution in [1.82, 2.24) is 10.6 Å². The molecule has 19 heavy (non-hydrogen) atoms. The third kappa shape index (κ3) is 17.9. The monoisotopic (exact) mass is 270 g/mol. The van der Waals surface area contributed by atoms with Crippen LogP contribution in [0, 0.1) is 0 Å². The Morgan fingerprint density at radius 3 is 1.63 bits per heavy atom. The summed E-state index contributed by atoms with van der Waals surface area (Å²) in [4.78, 5) is 0. The third-order valence-corrected chi connectivity index (χ3v) is 3.54. The fourth-order valence-electron chi connectivity index (χ4n) is 2.25. The van der Waals surface area contributed by atoms with Crippen LogP contribution < -0.4 is 10.6 Å². The summed E-state index contributed by atoms with van der Waals surface area (Å²) in [6.45, 7) is 10.3. The average Bonchev–Trinajstić information content (AvgIpc) is 2.39. The molecule has 0 saturated carbocycles. The minimum absolute atomic E-state index is 0.644. The van der Waals surface area contributed by atoms with Crippen molar-refractivity contribution in [1.29, 1.82) is 0 Å². The summed E-state index contributed by atoms with van der Waals surface area (Å²) in [6, 6.07) is 0.644. The van der Waals surface area contributed by atoms with Crippen molar-refractivity contribution in [3.8, 4) is 0 Å². The lowest BCUT2D eigenvalue weighted by molar-refractivity contribution is 0.521. The molecule has 2 heteroatoms.